The smallest absolute Gasteiger partial charge is 0.240 e. The molecule has 104 valence electrons. The zero-order valence-electron chi connectivity index (χ0n) is 11.2. The highest BCUT2D eigenvalue weighted by molar-refractivity contribution is 6.30. The second kappa shape index (κ2) is 6.44. The molecular weight excluding hydrogens is 272 g/mol. The van der Waals surface area contributed by atoms with Crippen LogP contribution in [-0.2, 0) is 4.79 Å². The maximum absolute atomic E-state index is 11.7. The highest BCUT2D eigenvalue weighted by Gasteiger charge is 2.24. The third-order valence-electron chi connectivity index (χ3n) is 3.28. The molecule has 2 rings (SSSR count). The van der Waals surface area contributed by atoms with Crippen LogP contribution in [0.15, 0.2) is 54.6 Å². The number of halogens is 1. The van der Waals surface area contributed by atoms with Crippen LogP contribution in [-0.4, -0.2) is 11.9 Å². The van der Waals surface area contributed by atoms with Crippen molar-refractivity contribution in [2.45, 2.75) is 18.9 Å². The van der Waals surface area contributed by atoms with Crippen LogP contribution in [0.2, 0.25) is 5.02 Å². The summed E-state index contributed by atoms with van der Waals surface area (Å²) in [5.74, 6) is -0.422. The van der Waals surface area contributed by atoms with Gasteiger partial charge >= 0.3 is 0 Å². The van der Waals surface area contributed by atoms with Crippen molar-refractivity contribution in [1.82, 2.24) is 0 Å². The lowest BCUT2D eigenvalue weighted by atomic mass is 9.92. The van der Waals surface area contributed by atoms with Crippen molar-refractivity contribution in [2.75, 3.05) is 5.32 Å². The van der Waals surface area contributed by atoms with Gasteiger partial charge in [-0.15, -0.1) is 0 Å². The quantitative estimate of drug-likeness (QED) is 0.886. The fraction of sp³-hybridized carbons (Fsp3) is 0.188. The van der Waals surface area contributed by atoms with Crippen LogP contribution in [0.3, 0.4) is 0 Å². The summed E-state index contributed by atoms with van der Waals surface area (Å²) >= 11 is 5.95. The maximum atomic E-state index is 11.7. The Labute approximate surface area is 123 Å². The molecular formula is C16H17ClN2O. The Morgan fingerprint density at radius 1 is 1.15 bits per heavy atom. The van der Waals surface area contributed by atoms with E-state index in [2.05, 4.69) is 5.32 Å². The first-order valence-electron chi connectivity index (χ1n) is 6.44. The molecule has 2 atom stereocenters. The first kappa shape index (κ1) is 14.4. The van der Waals surface area contributed by atoms with Crippen LogP contribution in [0.1, 0.15) is 18.4 Å². The number of hydrogen-bond acceptors (Lipinski definition) is 2. The van der Waals surface area contributed by atoms with Crippen molar-refractivity contribution in [3.63, 3.8) is 0 Å². The molecule has 0 saturated carbocycles. The number of rotatable bonds is 5. The molecule has 0 heterocycles. The standard InChI is InChI=1S/C16H17ClN2O/c1-11(12-6-3-2-4-7-12)15(16(18)20)19-14-9-5-8-13(17)10-14/h2-11,15,19H,1H3,(H2,18,20). The Morgan fingerprint density at radius 3 is 2.45 bits per heavy atom. The van der Waals surface area contributed by atoms with Gasteiger partial charge in [-0.05, 0) is 23.8 Å². The number of nitrogens with one attached hydrogen (secondary N) is 1. The average Bonchev–Trinajstić information content (AvgIpc) is 2.45. The van der Waals surface area contributed by atoms with Gasteiger partial charge in [0.2, 0.25) is 5.91 Å². The van der Waals surface area contributed by atoms with E-state index in [0.29, 0.717) is 5.02 Å². The molecule has 0 aliphatic carbocycles. The number of benzene rings is 2. The molecule has 4 heteroatoms. The van der Waals surface area contributed by atoms with Crippen LogP contribution in [0.4, 0.5) is 5.69 Å². The topological polar surface area (TPSA) is 55.1 Å². The molecule has 2 unspecified atom stereocenters. The Morgan fingerprint density at radius 2 is 1.85 bits per heavy atom. The Bertz CT molecular complexity index is 586. The molecule has 0 aromatic heterocycles. The Hall–Kier alpha value is -2.00. The fourth-order valence-electron chi connectivity index (χ4n) is 2.15. The first-order chi connectivity index (χ1) is 9.58. The van der Waals surface area contributed by atoms with Gasteiger partial charge in [0.05, 0.1) is 0 Å². The van der Waals surface area contributed by atoms with E-state index in [9.17, 15) is 4.79 Å². The highest BCUT2D eigenvalue weighted by Crippen LogP contribution is 2.23. The molecule has 2 aromatic rings. The van der Waals surface area contributed by atoms with E-state index in [1.807, 2.05) is 49.4 Å². The van der Waals surface area contributed by atoms with Crippen molar-refractivity contribution in [2.24, 2.45) is 5.73 Å². The van der Waals surface area contributed by atoms with Gasteiger partial charge in [0.1, 0.15) is 6.04 Å². The van der Waals surface area contributed by atoms with Crippen LogP contribution in [0.5, 0.6) is 0 Å². The van der Waals surface area contributed by atoms with Crippen LogP contribution >= 0.6 is 11.6 Å². The van der Waals surface area contributed by atoms with E-state index >= 15 is 0 Å². The molecule has 3 nitrogen and oxygen atoms in total. The first-order valence-corrected chi connectivity index (χ1v) is 6.82. The lowest BCUT2D eigenvalue weighted by Gasteiger charge is -2.23. The van der Waals surface area contributed by atoms with Crippen molar-refractivity contribution < 1.29 is 4.79 Å². The molecule has 0 fully saturated rings. The summed E-state index contributed by atoms with van der Waals surface area (Å²) in [6.07, 6.45) is 0. The number of anilines is 1. The molecule has 20 heavy (non-hydrogen) atoms. The van der Waals surface area contributed by atoms with Crippen LogP contribution < -0.4 is 11.1 Å². The van der Waals surface area contributed by atoms with Gasteiger partial charge in [0.15, 0.2) is 0 Å². The third kappa shape index (κ3) is 3.52. The van der Waals surface area contributed by atoms with Crippen LogP contribution in [0, 0.1) is 0 Å². The summed E-state index contributed by atoms with van der Waals surface area (Å²) in [6, 6.07) is 16.6. The molecule has 2 aromatic carbocycles. The minimum atomic E-state index is -0.490. The van der Waals surface area contributed by atoms with Gasteiger partial charge in [0, 0.05) is 16.6 Å². The van der Waals surface area contributed by atoms with E-state index in [-0.39, 0.29) is 11.8 Å². The molecule has 1 amide bonds. The lowest BCUT2D eigenvalue weighted by Crippen LogP contribution is -2.39. The number of carbonyl (C=O) groups excluding carboxylic acids is 1. The van der Waals surface area contributed by atoms with Gasteiger partial charge in [0.25, 0.3) is 0 Å². The van der Waals surface area contributed by atoms with Crippen molar-refractivity contribution in [3.8, 4) is 0 Å². The van der Waals surface area contributed by atoms with E-state index in [0.717, 1.165) is 11.3 Å². The number of hydrogen-bond donors (Lipinski definition) is 2. The molecule has 3 N–H and O–H groups in total. The lowest BCUT2D eigenvalue weighted by molar-refractivity contribution is -0.119. The predicted molar refractivity (Wildman–Crippen MR) is 82.9 cm³/mol. The molecule has 0 aliphatic heterocycles. The molecule has 0 aliphatic rings. The van der Waals surface area contributed by atoms with Gasteiger partial charge in [-0.25, -0.2) is 0 Å². The summed E-state index contributed by atoms with van der Waals surface area (Å²) in [7, 11) is 0. The monoisotopic (exact) mass is 288 g/mol. The van der Waals surface area contributed by atoms with Gasteiger partial charge in [-0.3, -0.25) is 4.79 Å². The molecule has 0 spiro atoms. The second-order valence-electron chi connectivity index (χ2n) is 4.73. The molecule has 0 bridgehead atoms. The third-order valence-corrected chi connectivity index (χ3v) is 3.51. The normalized spacial score (nSPS) is 13.5. The summed E-state index contributed by atoms with van der Waals surface area (Å²) in [4.78, 5) is 11.7. The molecule has 0 saturated heterocycles. The number of nitrogens with two attached hydrogens (primary N) is 1. The van der Waals surface area contributed by atoms with Gasteiger partial charge in [-0.2, -0.15) is 0 Å². The fourth-order valence-corrected chi connectivity index (χ4v) is 2.34. The van der Waals surface area contributed by atoms with Crippen molar-refractivity contribution in [1.29, 1.82) is 0 Å². The summed E-state index contributed by atoms with van der Waals surface area (Å²) < 4.78 is 0. The number of carbonyl (C=O) groups is 1. The largest absolute Gasteiger partial charge is 0.373 e. The summed E-state index contributed by atoms with van der Waals surface area (Å²) in [5.41, 5.74) is 7.37. The van der Waals surface area contributed by atoms with E-state index in [1.165, 1.54) is 0 Å². The van der Waals surface area contributed by atoms with E-state index in [1.54, 1.807) is 12.1 Å². The molecule has 0 radical (unpaired) electrons. The maximum Gasteiger partial charge on any atom is 0.240 e. The minimum Gasteiger partial charge on any atom is -0.373 e. The van der Waals surface area contributed by atoms with E-state index < -0.39 is 6.04 Å². The Balaban J connectivity index is 2.21. The second-order valence-corrected chi connectivity index (χ2v) is 5.17. The minimum absolute atomic E-state index is 0.0346. The predicted octanol–water partition coefficient (Wildman–Crippen LogP) is 3.41. The van der Waals surface area contributed by atoms with Crippen molar-refractivity contribution in [3.05, 3.63) is 65.2 Å². The SMILES string of the molecule is CC(c1ccccc1)C(Nc1cccc(Cl)c1)C(N)=O. The van der Waals surface area contributed by atoms with Crippen LogP contribution in [0.25, 0.3) is 0 Å². The van der Waals surface area contributed by atoms with Crippen molar-refractivity contribution >= 4 is 23.2 Å². The number of primary amides is 1. The summed E-state index contributed by atoms with van der Waals surface area (Å²) in [6.45, 7) is 1.97. The average molecular weight is 289 g/mol. The zero-order chi connectivity index (χ0) is 14.5. The highest BCUT2D eigenvalue weighted by atomic mass is 35.5. The number of amides is 1. The van der Waals surface area contributed by atoms with Gasteiger partial charge < -0.3 is 11.1 Å². The summed E-state index contributed by atoms with van der Waals surface area (Å²) in [5, 5.41) is 3.77. The zero-order valence-corrected chi connectivity index (χ0v) is 12.0. The van der Waals surface area contributed by atoms with Gasteiger partial charge in [-0.1, -0.05) is 54.9 Å². The Kier molecular flexibility index (Phi) is 4.64. The van der Waals surface area contributed by atoms with E-state index in [4.69, 9.17) is 17.3 Å².